The molecule has 1 unspecified atom stereocenters. The highest BCUT2D eigenvalue weighted by molar-refractivity contribution is 6.46. The molecule has 170 valence electrons. The first-order chi connectivity index (χ1) is 15.5. The van der Waals surface area contributed by atoms with E-state index in [1.165, 1.54) is 0 Å². The van der Waals surface area contributed by atoms with Gasteiger partial charge in [0.25, 0.3) is 11.7 Å². The molecule has 1 atom stereocenters. The smallest absolute Gasteiger partial charge is 0.295 e. The number of carbonyl (C=O) groups excluding carboxylic acids is 2. The Kier molecular flexibility index (Phi) is 7.92. The summed E-state index contributed by atoms with van der Waals surface area (Å²) in [4.78, 5) is 27.5. The van der Waals surface area contributed by atoms with Crippen molar-refractivity contribution in [3.05, 3.63) is 65.2 Å². The average Bonchev–Trinajstić information content (AvgIpc) is 3.08. The fourth-order valence-electron chi connectivity index (χ4n) is 3.86. The number of unbranched alkanes of at least 4 members (excludes halogenated alkanes) is 2. The van der Waals surface area contributed by atoms with Gasteiger partial charge in [0.15, 0.2) is 0 Å². The number of rotatable bonds is 10. The number of ketones is 1. The van der Waals surface area contributed by atoms with Gasteiger partial charge in [-0.25, -0.2) is 0 Å². The van der Waals surface area contributed by atoms with E-state index in [0.29, 0.717) is 30.2 Å². The molecule has 2 aromatic rings. The van der Waals surface area contributed by atoms with E-state index in [1.54, 1.807) is 48.4 Å². The second-order valence-corrected chi connectivity index (χ2v) is 7.85. The fraction of sp³-hybridized carbons (Fsp3) is 0.385. The highest BCUT2D eigenvalue weighted by Crippen LogP contribution is 2.40. The van der Waals surface area contributed by atoms with Crippen LogP contribution in [0.15, 0.2) is 54.1 Å². The summed E-state index contributed by atoms with van der Waals surface area (Å²) in [6, 6.07) is 13.5. The van der Waals surface area contributed by atoms with Crippen LogP contribution in [0.4, 0.5) is 0 Å². The van der Waals surface area contributed by atoms with Crippen LogP contribution < -0.4 is 9.47 Å². The summed E-state index contributed by atoms with van der Waals surface area (Å²) in [6.07, 6.45) is 3.64. The van der Waals surface area contributed by atoms with Crippen LogP contribution in [0.1, 0.15) is 56.7 Å². The second-order valence-electron chi connectivity index (χ2n) is 7.85. The Morgan fingerprint density at radius 3 is 2.19 bits per heavy atom. The summed E-state index contributed by atoms with van der Waals surface area (Å²) in [5.74, 6) is -0.0452. The van der Waals surface area contributed by atoms with Crippen LogP contribution in [0.25, 0.3) is 5.76 Å². The number of aliphatic hydroxyl groups excluding tert-OH is 1. The predicted octanol–water partition coefficient (Wildman–Crippen LogP) is 5.10. The lowest BCUT2D eigenvalue weighted by Gasteiger charge is -2.25. The monoisotopic (exact) mass is 437 g/mol. The molecule has 1 heterocycles. The molecule has 6 nitrogen and oxygen atoms in total. The zero-order valence-electron chi connectivity index (χ0n) is 19.0. The first-order valence-electron chi connectivity index (χ1n) is 11.2. The van der Waals surface area contributed by atoms with Gasteiger partial charge in [-0.3, -0.25) is 9.59 Å². The minimum Gasteiger partial charge on any atom is -0.507 e. The number of amides is 1. The van der Waals surface area contributed by atoms with Crippen LogP contribution in [0.3, 0.4) is 0 Å². The molecule has 6 heteroatoms. The van der Waals surface area contributed by atoms with Crippen molar-refractivity contribution in [2.24, 2.45) is 0 Å². The zero-order chi connectivity index (χ0) is 23.1. The van der Waals surface area contributed by atoms with Gasteiger partial charge in [-0.15, -0.1) is 0 Å². The molecule has 1 aliphatic heterocycles. The molecule has 3 rings (SSSR count). The van der Waals surface area contributed by atoms with E-state index in [-0.39, 0.29) is 11.3 Å². The van der Waals surface area contributed by atoms with Crippen LogP contribution in [0, 0.1) is 0 Å². The van der Waals surface area contributed by atoms with E-state index in [2.05, 4.69) is 6.92 Å². The van der Waals surface area contributed by atoms with Crippen molar-refractivity contribution < 1.29 is 24.2 Å². The van der Waals surface area contributed by atoms with E-state index < -0.39 is 17.7 Å². The molecular weight excluding hydrogens is 406 g/mol. The lowest BCUT2D eigenvalue weighted by atomic mass is 9.95. The zero-order valence-corrected chi connectivity index (χ0v) is 19.0. The molecule has 1 N–H and O–H groups in total. The molecule has 0 spiro atoms. The van der Waals surface area contributed by atoms with E-state index >= 15 is 0 Å². The highest BCUT2D eigenvalue weighted by Gasteiger charge is 2.45. The van der Waals surface area contributed by atoms with Crippen molar-refractivity contribution in [2.45, 2.75) is 45.6 Å². The molecule has 0 aromatic heterocycles. The summed E-state index contributed by atoms with van der Waals surface area (Å²) < 4.78 is 10.8. The molecule has 0 aliphatic carbocycles. The van der Waals surface area contributed by atoms with Gasteiger partial charge in [-0.1, -0.05) is 38.8 Å². The lowest BCUT2D eigenvalue weighted by Crippen LogP contribution is -2.30. The number of methoxy groups -OCH3 is 1. The first kappa shape index (κ1) is 23.4. The van der Waals surface area contributed by atoms with Gasteiger partial charge in [-0.05, 0) is 54.8 Å². The normalized spacial score (nSPS) is 17.6. The third-order valence-corrected chi connectivity index (χ3v) is 5.57. The molecule has 1 saturated heterocycles. The van der Waals surface area contributed by atoms with Crippen molar-refractivity contribution >= 4 is 17.4 Å². The fourth-order valence-corrected chi connectivity index (χ4v) is 3.86. The maximum Gasteiger partial charge on any atom is 0.295 e. The van der Waals surface area contributed by atoms with Gasteiger partial charge < -0.3 is 19.5 Å². The van der Waals surface area contributed by atoms with Crippen LogP contribution in [0.5, 0.6) is 11.5 Å². The lowest BCUT2D eigenvalue weighted by molar-refractivity contribution is -0.139. The maximum atomic E-state index is 13.0. The number of carbonyl (C=O) groups is 2. The Morgan fingerprint density at radius 2 is 1.59 bits per heavy atom. The first-order valence-corrected chi connectivity index (χ1v) is 11.2. The van der Waals surface area contributed by atoms with Crippen molar-refractivity contribution in [3.63, 3.8) is 0 Å². The molecule has 0 bridgehead atoms. The second kappa shape index (κ2) is 10.8. The van der Waals surface area contributed by atoms with E-state index in [9.17, 15) is 14.7 Å². The topological polar surface area (TPSA) is 76.1 Å². The minimum atomic E-state index is -0.661. The summed E-state index contributed by atoms with van der Waals surface area (Å²) >= 11 is 0. The largest absolute Gasteiger partial charge is 0.507 e. The number of nitrogens with zero attached hydrogens (tertiary/aromatic N) is 1. The van der Waals surface area contributed by atoms with Crippen LogP contribution in [-0.4, -0.2) is 42.0 Å². The number of ether oxygens (including phenoxy) is 2. The van der Waals surface area contributed by atoms with Gasteiger partial charge in [0.2, 0.25) is 0 Å². The highest BCUT2D eigenvalue weighted by atomic mass is 16.5. The van der Waals surface area contributed by atoms with Gasteiger partial charge in [0.1, 0.15) is 17.3 Å². The van der Waals surface area contributed by atoms with Crippen molar-refractivity contribution in [2.75, 3.05) is 20.3 Å². The number of hydrogen-bond donors (Lipinski definition) is 1. The van der Waals surface area contributed by atoms with Gasteiger partial charge in [0, 0.05) is 12.1 Å². The number of benzene rings is 2. The third kappa shape index (κ3) is 4.96. The van der Waals surface area contributed by atoms with Gasteiger partial charge in [0.05, 0.1) is 25.3 Å². The molecule has 2 aromatic carbocycles. The van der Waals surface area contributed by atoms with Crippen molar-refractivity contribution in [1.82, 2.24) is 4.90 Å². The van der Waals surface area contributed by atoms with Gasteiger partial charge >= 0.3 is 0 Å². The third-order valence-electron chi connectivity index (χ3n) is 5.57. The number of hydrogen-bond acceptors (Lipinski definition) is 5. The molecule has 1 fully saturated rings. The molecule has 1 amide bonds. The number of aliphatic hydroxyl groups is 1. The summed E-state index contributed by atoms with van der Waals surface area (Å²) in [6.45, 7) is 5.17. The average molecular weight is 438 g/mol. The minimum absolute atomic E-state index is 0.110. The SMILES string of the molecule is CCCCCN1C(=O)C(=O)/C(=C(\O)c2ccc(OCCC)cc2)C1c1ccc(OC)cc1. The Hall–Kier alpha value is -3.28. The molecule has 1 aliphatic rings. The van der Waals surface area contributed by atoms with E-state index in [1.807, 2.05) is 19.1 Å². The van der Waals surface area contributed by atoms with Crippen LogP contribution in [0.2, 0.25) is 0 Å². The van der Waals surface area contributed by atoms with E-state index in [4.69, 9.17) is 9.47 Å². The Bertz CT molecular complexity index is 963. The summed E-state index contributed by atoms with van der Waals surface area (Å²) in [5.41, 5.74) is 1.34. The van der Waals surface area contributed by atoms with Crippen LogP contribution in [-0.2, 0) is 9.59 Å². The quantitative estimate of drug-likeness (QED) is 0.242. The van der Waals surface area contributed by atoms with Gasteiger partial charge in [-0.2, -0.15) is 0 Å². The Morgan fingerprint density at radius 1 is 0.938 bits per heavy atom. The molecule has 0 radical (unpaired) electrons. The van der Waals surface area contributed by atoms with Crippen LogP contribution >= 0.6 is 0 Å². The maximum absolute atomic E-state index is 13.0. The molecule has 32 heavy (non-hydrogen) atoms. The molecular formula is C26H31NO5. The predicted molar refractivity (Wildman–Crippen MR) is 124 cm³/mol. The van der Waals surface area contributed by atoms with Crippen molar-refractivity contribution in [3.8, 4) is 11.5 Å². The Labute approximate surface area is 189 Å². The molecule has 0 saturated carbocycles. The Balaban J connectivity index is 2.02. The van der Waals surface area contributed by atoms with E-state index in [0.717, 1.165) is 31.2 Å². The summed E-state index contributed by atoms with van der Waals surface area (Å²) in [7, 11) is 1.58. The number of Topliss-reactive ketones (excluding diaryl/α,β-unsaturated/α-hetero) is 1. The summed E-state index contributed by atoms with van der Waals surface area (Å²) in [5, 5.41) is 11.1. The standard InChI is InChI=1S/C26H31NO5/c1-4-6-7-16-27-23(18-8-12-20(31-3)13-9-18)22(25(29)26(27)30)24(28)19-10-14-21(15-11-19)32-17-5-2/h8-15,23,28H,4-7,16-17H2,1-3H3/b24-22-. The van der Waals surface area contributed by atoms with Crippen molar-refractivity contribution in [1.29, 1.82) is 0 Å². The number of likely N-dealkylation sites (tertiary alicyclic amines) is 1.